The third-order valence-corrected chi connectivity index (χ3v) is 5.58. The fourth-order valence-corrected chi connectivity index (χ4v) is 4.16. The number of hydrogen-bond donors (Lipinski definition) is 2. The number of nitrogens with one attached hydrogen (secondary N) is 1. The molecule has 0 radical (unpaired) electrons. The van der Waals surface area contributed by atoms with E-state index in [1.54, 1.807) is 0 Å². The Hall–Kier alpha value is -0.160. The number of hydrogen-bond acceptors (Lipinski definition) is 4. The van der Waals surface area contributed by atoms with Crippen molar-refractivity contribution in [3.63, 3.8) is 0 Å². The molecule has 3 fully saturated rings. The molecular formula is C15H27NO3. The maximum atomic E-state index is 11.0. The summed E-state index contributed by atoms with van der Waals surface area (Å²) < 4.78 is 11.5. The molecule has 1 spiro atoms. The standard InChI is InChI=1S/C15H27NO3/c1-16-13-2-5-15(17,6-3-13)12-4-8-19-14(10-12)7-9-18-11-14/h12-13,16-17H,2-11H2,1H3. The minimum atomic E-state index is -0.466. The van der Waals surface area contributed by atoms with Crippen molar-refractivity contribution in [3.8, 4) is 0 Å². The Morgan fingerprint density at radius 2 is 1.89 bits per heavy atom. The SMILES string of the molecule is CNC1CCC(O)(C2CCOC3(CCOC3)C2)CC1. The van der Waals surface area contributed by atoms with Crippen LogP contribution in [0.5, 0.6) is 0 Å². The van der Waals surface area contributed by atoms with Gasteiger partial charge in [0.1, 0.15) is 0 Å². The third kappa shape index (κ3) is 2.68. The summed E-state index contributed by atoms with van der Waals surface area (Å²) in [6.07, 6.45) is 7.02. The lowest BCUT2D eigenvalue weighted by Gasteiger charge is -2.47. The number of ether oxygens (including phenoxy) is 2. The maximum Gasteiger partial charge on any atom is 0.0940 e. The highest BCUT2D eigenvalue weighted by Crippen LogP contribution is 2.45. The predicted octanol–water partition coefficient (Wildman–Crippen LogP) is 1.47. The molecule has 19 heavy (non-hydrogen) atoms. The second-order valence-corrected chi connectivity index (χ2v) is 6.69. The maximum absolute atomic E-state index is 11.0. The lowest BCUT2D eigenvalue weighted by Crippen LogP contribution is -2.51. The lowest BCUT2D eigenvalue weighted by molar-refractivity contribution is -0.152. The summed E-state index contributed by atoms with van der Waals surface area (Å²) in [7, 11) is 2.02. The molecule has 0 aromatic heterocycles. The second-order valence-electron chi connectivity index (χ2n) is 6.69. The van der Waals surface area contributed by atoms with Crippen molar-refractivity contribution in [2.45, 2.75) is 62.2 Å². The molecule has 2 saturated heterocycles. The van der Waals surface area contributed by atoms with E-state index in [4.69, 9.17) is 9.47 Å². The van der Waals surface area contributed by atoms with E-state index in [0.29, 0.717) is 12.0 Å². The van der Waals surface area contributed by atoms with Crippen LogP contribution in [-0.2, 0) is 9.47 Å². The van der Waals surface area contributed by atoms with Gasteiger partial charge in [0.2, 0.25) is 0 Å². The zero-order chi connectivity index (χ0) is 13.3. The van der Waals surface area contributed by atoms with Crippen LogP contribution in [0.4, 0.5) is 0 Å². The molecule has 4 heteroatoms. The number of rotatable bonds is 2. The Morgan fingerprint density at radius 3 is 2.53 bits per heavy atom. The van der Waals surface area contributed by atoms with Gasteiger partial charge in [0, 0.05) is 25.7 Å². The molecule has 2 aliphatic heterocycles. The molecule has 0 amide bonds. The van der Waals surface area contributed by atoms with E-state index >= 15 is 0 Å². The topological polar surface area (TPSA) is 50.7 Å². The van der Waals surface area contributed by atoms with Crippen LogP contribution in [0.1, 0.15) is 44.9 Å². The first kappa shape index (κ1) is 13.8. The van der Waals surface area contributed by atoms with Gasteiger partial charge in [0.25, 0.3) is 0 Å². The van der Waals surface area contributed by atoms with Crippen LogP contribution in [0.2, 0.25) is 0 Å². The zero-order valence-electron chi connectivity index (χ0n) is 12.0. The summed E-state index contributed by atoms with van der Waals surface area (Å²) in [6, 6.07) is 0.587. The van der Waals surface area contributed by atoms with E-state index in [1.165, 1.54) is 0 Å². The van der Waals surface area contributed by atoms with Crippen molar-refractivity contribution in [1.29, 1.82) is 0 Å². The monoisotopic (exact) mass is 269 g/mol. The van der Waals surface area contributed by atoms with Gasteiger partial charge in [0.05, 0.1) is 17.8 Å². The Kier molecular flexibility index (Phi) is 3.87. The molecule has 110 valence electrons. The zero-order valence-corrected chi connectivity index (χ0v) is 12.0. The van der Waals surface area contributed by atoms with Crippen molar-refractivity contribution >= 4 is 0 Å². The minimum Gasteiger partial charge on any atom is -0.390 e. The lowest BCUT2D eigenvalue weighted by atomic mass is 9.68. The molecule has 3 rings (SSSR count). The van der Waals surface area contributed by atoms with Crippen molar-refractivity contribution in [2.24, 2.45) is 5.92 Å². The van der Waals surface area contributed by atoms with Crippen LogP contribution < -0.4 is 5.32 Å². The molecule has 0 bridgehead atoms. The van der Waals surface area contributed by atoms with Crippen LogP contribution in [0.25, 0.3) is 0 Å². The van der Waals surface area contributed by atoms with E-state index in [9.17, 15) is 5.11 Å². The van der Waals surface area contributed by atoms with Crippen molar-refractivity contribution in [1.82, 2.24) is 5.32 Å². The van der Waals surface area contributed by atoms with Crippen molar-refractivity contribution < 1.29 is 14.6 Å². The van der Waals surface area contributed by atoms with E-state index < -0.39 is 5.60 Å². The second kappa shape index (κ2) is 5.32. The van der Waals surface area contributed by atoms with Gasteiger partial charge >= 0.3 is 0 Å². The van der Waals surface area contributed by atoms with Crippen molar-refractivity contribution in [2.75, 3.05) is 26.9 Å². The van der Waals surface area contributed by atoms with Crippen LogP contribution in [0.15, 0.2) is 0 Å². The molecule has 2 heterocycles. The Balaban J connectivity index is 1.64. The van der Waals surface area contributed by atoms with Gasteiger partial charge in [-0.3, -0.25) is 0 Å². The van der Waals surface area contributed by atoms with E-state index in [2.05, 4.69) is 5.32 Å². The van der Waals surface area contributed by atoms with Crippen molar-refractivity contribution in [3.05, 3.63) is 0 Å². The molecule has 1 aliphatic carbocycles. The smallest absolute Gasteiger partial charge is 0.0940 e. The van der Waals surface area contributed by atoms with Gasteiger partial charge < -0.3 is 19.9 Å². The molecule has 3 aliphatic rings. The molecule has 1 saturated carbocycles. The van der Waals surface area contributed by atoms with Gasteiger partial charge in [-0.25, -0.2) is 0 Å². The molecule has 0 aromatic carbocycles. The summed E-state index contributed by atoms with van der Waals surface area (Å²) in [6.45, 7) is 2.32. The summed E-state index contributed by atoms with van der Waals surface area (Å²) in [5.74, 6) is 0.390. The first-order valence-electron chi connectivity index (χ1n) is 7.77. The van der Waals surface area contributed by atoms with Gasteiger partial charge in [-0.15, -0.1) is 0 Å². The molecule has 4 nitrogen and oxygen atoms in total. The minimum absolute atomic E-state index is 0.0848. The average molecular weight is 269 g/mol. The van der Waals surface area contributed by atoms with Gasteiger partial charge in [0.15, 0.2) is 0 Å². The van der Waals surface area contributed by atoms with E-state index in [0.717, 1.165) is 64.8 Å². The van der Waals surface area contributed by atoms with Gasteiger partial charge in [-0.2, -0.15) is 0 Å². The molecular weight excluding hydrogens is 242 g/mol. The summed E-state index contributed by atoms with van der Waals surface area (Å²) in [5, 5.41) is 14.4. The Labute approximate surface area is 115 Å². The highest BCUT2D eigenvalue weighted by Gasteiger charge is 2.48. The third-order valence-electron chi connectivity index (χ3n) is 5.58. The van der Waals surface area contributed by atoms with Crippen LogP contribution in [-0.4, -0.2) is 49.2 Å². The summed E-state index contributed by atoms with van der Waals surface area (Å²) in [4.78, 5) is 0. The predicted molar refractivity (Wildman–Crippen MR) is 73.1 cm³/mol. The van der Waals surface area contributed by atoms with E-state index in [-0.39, 0.29) is 5.60 Å². The first-order valence-corrected chi connectivity index (χ1v) is 7.77. The highest BCUT2D eigenvalue weighted by atomic mass is 16.6. The molecule has 2 N–H and O–H groups in total. The normalized spacial score (nSPS) is 47.7. The van der Waals surface area contributed by atoms with Crippen LogP contribution in [0, 0.1) is 5.92 Å². The fraction of sp³-hybridized carbons (Fsp3) is 1.00. The fourth-order valence-electron chi connectivity index (χ4n) is 4.16. The van der Waals surface area contributed by atoms with E-state index in [1.807, 2.05) is 7.05 Å². The summed E-state index contributed by atoms with van der Waals surface area (Å²) >= 11 is 0. The Morgan fingerprint density at radius 1 is 1.11 bits per heavy atom. The van der Waals surface area contributed by atoms with Crippen LogP contribution >= 0.6 is 0 Å². The largest absolute Gasteiger partial charge is 0.390 e. The first-order chi connectivity index (χ1) is 9.16. The number of aliphatic hydroxyl groups is 1. The molecule has 0 aromatic rings. The molecule has 2 atom stereocenters. The quantitative estimate of drug-likeness (QED) is 0.797. The average Bonchev–Trinajstić information content (AvgIpc) is 2.88. The summed E-state index contributed by atoms with van der Waals surface area (Å²) in [5.41, 5.74) is -0.550. The Bertz CT molecular complexity index is 307. The highest BCUT2D eigenvalue weighted by molar-refractivity contribution is 4.99. The van der Waals surface area contributed by atoms with Crippen LogP contribution in [0.3, 0.4) is 0 Å². The van der Waals surface area contributed by atoms with Gasteiger partial charge in [-0.05, 0) is 51.5 Å². The molecule has 2 unspecified atom stereocenters. The van der Waals surface area contributed by atoms with Gasteiger partial charge in [-0.1, -0.05) is 0 Å².